The van der Waals surface area contributed by atoms with Crippen molar-refractivity contribution in [3.63, 3.8) is 0 Å². The van der Waals surface area contributed by atoms with Crippen LogP contribution in [0.5, 0.6) is 11.5 Å². The van der Waals surface area contributed by atoms with Crippen molar-refractivity contribution in [3.8, 4) is 11.5 Å². The second kappa shape index (κ2) is 8.48. The average molecular weight is 401 g/mol. The third-order valence-corrected chi connectivity index (χ3v) is 4.56. The number of carbonyl (C=O) groups is 2. The van der Waals surface area contributed by atoms with Crippen molar-refractivity contribution in [2.75, 3.05) is 12.1 Å². The van der Waals surface area contributed by atoms with Crippen LogP contribution in [0.3, 0.4) is 0 Å². The fourth-order valence-corrected chi connectivity index (χ4v) is 2.89. The normalized spacial score (nSPS) is 12.4. The molecule has 7 heteroatoms. The van der Waals surface area contributed by atoms with Crippen LogP contribution < -0.4 is 20.2 Å². The van der Waals surface area contributed by atoms with E-state index in [-0.39, 0.29) is 18.6 Å². The molecule has 2 amide bonds. The fraction of sp³-hybridized carbons (Fsp3) is 0.0870. The van der Waals surface area contributed by atoms with Crippen molar-refractivity contribution in [1.29, 1.82) is 0 Å². The summed E-state index contributed by atoms with van der Waals surface area (Å²) in [4.78, 5) is 24.5. The molecule has 0 saturated heterocycles. The Kier molecular flexibility index (Phi) is 5.43. The molecule has 3 aromatic carbocycles. The minimum atomic E-state index is -0.348. The SMILES string of the molecule is C/C(=N/NC(=O)c1ccc2c(c1)OCO2)c1ccc(NC(=O)c2ccccc2)cc1. The van der Waals surface area contributed by atoms with Crippen LogP contribution in [0.1, 0.15) is 33.2 Å². The maximum atomic E-state index is 12.3. The predicted octanol–water partition coefficient (Wildman–Crippen LogP) is 3.82. The van der Waals surface area contributed by atoms with Gasteiger partial charge >= 0.3 is 0 Å². The number of nitrogens with one attached hydrogen (secondary N) is 2. The zero-order chi connectivity index (χ0) is 20.9. The van der Waals surface area contributed by atoms with Crippen molar-refractivity contribution in [1.82, 2.24) is 5.43 Å². The summed E-state index contributed by atoms with van der Waals surface area (Å²) in [6.45, 7) is 1.94. The van der Waals surface area contributed by atoms with Gasteiger partial charge in [-0.1, -0.05) is 30.3 Å². The zero-order valence-electron chi connectivity index (χ0n) is 16.2. The first-order valence-corrected chi connectivity index (χ1v) is 9.31. The van der Waals surface area contributed by atoms with Gasteiger partial charge in [-0.25, -0.2) is 5.43 Å². The van der Waals surface area contributed by atoms with Gasteiger partial charge in [0.25, 0.3) is 11.8 Å². The Bertz CT molecular complexity index is 1110. The standard InChI is InChI=1S/C23H19N3O4/c1-15(25-26-23(28)18-9-12-20-21(13-18)30-14-29-20)16-7-10-19(11-8-16)24-22(27)17-5-3-2-4-6-17/h2-13H,14H2,1H3,(H,24,27)(H,26,28)/b25-15-. The highest BCUT2D eigenvalue weighted by atomic mass is 16.7. The molecule has 0 atom stereocenters. The van der Waals surface area contributed by atoms with Crippen LogP contribution in [-0.2, 0) is 0 Å². The van der Waals surface area contributed by atoms with E-state index in [0.717, 1.165) is 5.56 Å². The van der Waals surface area contributed by atoms with Gasteiger partial charge in [-0.3, -0.25) is 9.59 Å². The van der Waals surface area contributed by atoms with E-state index in [1.807, 2.05) is 30.3 Å². The fourth-order valence-electron chi connectivity index (χ4n) is 2.89. The molecule has 150 valence electrons. The average Bonchev–Trinajstić information content (AvgIpc) is 3.26. The summed E-state index contributed by atoms with van der Waals surface area (Å²) in [5.74, 6) is 0.631. The molecule has 7 nitrogen and oxygen atoms in total. The first-order chi connectivity index (χ1) is 14.6. The molecule has 0 unspecified atom stereocenters. The van der Waals surface area contributed by atoms with Gasteiger partial charge in [0, 0.05) is 16.8 Å². The van der Waals surface area contributed by atoms with E-state index in [1.54, 1.807) is 49.4 Å². The molecule has 2 N–H and O–H groups in total. The van der Waals surface area contributed by atoms with Gasteiger partial charge in [0.15, 0.2) is 11.5 Å². The molecular formula is C23H19N3O4. The van der Waals surface area contributed by atoms with E-state index >= 15 is 0 Å². The molecule has 1 heterocycles. The number of fused-ring (bicyclic) bond motifs is 1. The molecule has 1 aliphatic rings. The maximum Gasteiger partial charge on any atom is 0.271 e. The highest BCUT2D eigenvalue weighted by molar-refractivity contribution is 6.05. The maximum absolute atomic E-state index is 12.3. The summed E-state index contributed by atoms with van der Waals surface area (Å²) >= 11 is 0. The van der Waals surface area contributed by atoms with E-state index in [9.17, 15) is 9.59 Å². The lowest BCUT2D eigenvalue weighted by Crippen LogP contribution is -2.19. The quantitative estimate of drug-likeness (QED) is 0.502. The molecular weight excluding hydrogens is 382 g/mol. The largest absolute Gasteiger partial charge is 0.454 e. The third kappa shape index (κ3) is 4.30. The van der Waals surface area contributed by atoms with E-state index < -0.39 is 0 Å². The van der Waals surface area contributed by atoms with Gasteiger partial charge in [0.2, 0.25) is 6.79 Å². The monoisotopic (exact) mass is 401 g/mol. The summed E-state index contributed by atoms with van der Waals surface area (Å²) in [6, 6.07) is 21.2. The molecule has 30 heavy (non-hydrogen) atoms. The van der Waals surface area contributed by atoms with E-state index in [1.165, 1.54) is 0 Å². The van der Waals surface area contributed by atoms with Crippen LogP contribution in [0, 0.1) is 0 Å². The number of benzene rings is 3. The molecule has 0 aliphatic carbocycles. The number of ether oxygens (including phenoxy) is 2. The van der Waals surface area contributed by atoms with Crippen LogP contribution in [0.15, 0.2) is 77.9 Å². The zero-order valence-corrected chi connectivity index (χ0v) is 16.2. The van der Waals surface area contributed by atoms with Crippen LogP contribution >= 0.6 is 0 Å². The molecule has 3 aromatic rings. The summed E-state index contributed by atoms with van der Waals surface area (Å²) in [5, 5.41) is 7.01. The second-order valence-electron chi connectivity index (χ2n) is 6.60. The molecule has 4 rings (SSSR count). The van der Waals surface area contributed by atoms with E-state index in [4.69, 9.17) is 9.47 Å². The number of amides is 2. The Morgan fingerprint density at radius 2 is 1.50 bits per heavy atom. The molecule has 1 aliphatic heterocycles. The minimum absolute atomic E-state index is 0.152. The molecule has 0 fully saturated rings. The first-order valence-electron chi connectivity index (χ1n) is 9.31. The van der Waals surface area contributed by atoms with Crippen molar-refractivity contribution in [2.24, 2.45) is 5.10 Å². The Morgan fingerprint density at radius 1 is 0.800 bits per heavy atom. The van der Waals surface area contributed by atoms with Crippen molar-refractivity contribution >= 4 is 23.2 Å². The molecule has 0 spiro atoms. The summed E-state index contributed by atoms with van der Waals surface area (Å²) in [6.07, 6.45) is 0. The minimum Gasteiger partial charge on any atom is -0.454 e. The Morgan fingerprint density at radius 3 is 2.27 bits per heavy atom. The summed E-state index contributed by atoms with van der Waals surface area (Å²) in [5.41, 5.74) is 5.67. The predicted molar refractivity (Wildman–Crippen MR) is 113 cm³/mol. The van der Waals surface area contributed by atoms with Crippen LogP contribution in [0.25, 0.3) is 0 Å². The second-order valence-corrected chi connectivity index (χ2v) is 6.60. The topological polar surface area (TPSA) is 89.0 Å². The van der Waals surface area contributed by atoms with Gasteiger partial charge in [-0.05, 0) is 55.0 Å². The van der Waals surface area contributed by atoms with Crippen LogP contribution in [0.4, 0.5) is 5.69 Å². The first kappa shape index (κ1) is 19.2. The van der Waals surface area contributed by atoms with Gasteiger partial charge in [0.05, 0.1) is 5.71 Å². The van der Waals surface area contributed by atoms with Crippen molar-refractivity contribution in [3.05, 3.63) is 89.5 Å². The van der Waals surface area contributed by atoms with Crippen LogP contribution in [0.2, 0.25) is 0 Å². The van der Waals surface area contributed by atoms with Gasteiger partial charge in [-0.15, -0.1) is 0 Å². The van der Waals surface area contributed by atoms with Gasteiger partial charge in [-0.2, -0.15) is 5.10 Å². The number of carbonyl (C=O) groups excluding carboxylic acids is 2. The van der Waals surface area contributed by atoms with E-state index in [2.05, 4.69) is 15.8 Å². The smallest absolute Gasteiger partial charge is 0.271 e. The highest BCUT2D eigenvalue weighted by Gasteiger charge is 2.16. The van der Waals surface area contributed by atoms with E-state index in [0.29, 0.717) is 34.0 Å². The van der Waals surface area contributed by atoms with Crippen molar-refractivity contribution in [2.45, 2.75) is 6.92 Å². The molecule has 0 bridgehead atoms. The summed E-state index contributed by atoms with van der Waals surface area (Å²) in [7, 11) is 0. The molecule has 0 aromatic heterocycles. The Labute approximate surface area is 173 Å². The highest BCUT2D eigenvalue weighted by Crippen LogP contribution is 2.32. The lowest BCUT2D eigenvalue weighted by atomic mass is 10.1. The lowest BCUT2D eigenvalue weighted by molar-refractivity contribution is 0.0953. The Hall–Kier alpha value is -4.13. The van der Waals surface area contributed by atoms with Gasteiger partial charge in [0.1, 0.15) is 0 Å². The number of hydrogen-bond acceptors (Lipinski definition) is 5. The van der Waals surface area contributed by atoms with Gasteiger partial charge < -0.3 is 14.8 Å². The lowest BCUT2D eigenvalue weighted by Gasteiger charge is -2.07. The number of nitrogens with zero attached hydrogens (tertiary/aromatic N) is 1. The Balaban J connectivity index is 1.38. The number of anilines is 1. The third-order valence-electron chi connectivity index (χ3n) is 4.56. The molecule has 0 saturated carbocycles. The summed E-state index contributed by atoms with van der Waals surface area (Å²) < 4.78 is 10.5. The van der Waals surface area contributed by atoms with Crippen LogP contribution in [-0.4, -0.2) is 24.3 Å². The number of hydrazone groups is 1. The number of rotatable bonds is 5. The van der Waals surface area contributed by atoms with Crippen molar-refractivity contribution < 1.29 is 19.1 Å². The molecule has 0 radical (unpaired) electrons. The number of hydrogen-bond donors (Lipinski definition) is 2.